The summed E-state index contributed by atoms with van der Waals surface area (Å²) in [6.07, 6.45) is 8.22. The Bertz CT molecular complexity index is 836. The molecule has 1 spiro atoms. The normalized spacial score (nSPS) is 36.9. The Kier molecular flexibility index (Phi) is 7.75. The van der Waals surface area contributed by atoms with E-state index in [-0.39, 0.29) is 40.5 Å². The molecule has 2 bridgehead atoms. The van der Waals surface area contributed by atoms with Crippen LogP contribution in [0.5, 0.6) is 0 Å². The van der Waals surface area contributed by atoms with Crippen molar-refractivity contribution in [2.24, 2.45) is 17.8 Å². The molecule has 0 aromatic rings. The number of carbonyl (C=O) groups is 3. The van der Waals surface area contributed by atoms with Crippen molar-refractivity contribution in [3.63, 3.8) is 0 Å². The zero-order chi connectivity index (χ0) is 24.8. The third kappa shape index (κ3) is 3.94. The molecular weight excluding hydrogens is 520 g/mol. The quantitative estimate of drug-likeness (QED) is 0.334. The van der Waals surface area contributed by atoms with Crippen LogP contribution in [-0.4, -0.2) is 83.9 Å². The van der Waals surface area contributed by atoms with E-state index in [2.05, 4.69) is 22.5 Å². The molecule has 3 heterocycles. The zero-order valence-electron chi connectivity index (χ0n) is 20.1. The lowest BCUT2D eigenvalue weighted by molar-refractivity contribution is -0.150. The van der Waals surface area contributed by atoms with Gasteiger partial charge >= 0.3 is 5.97 Å². The van der Waals surface area contributed by atoms with E-state index in [9.17, 15) is 24.6 Å². The van der Waals surface area contributed by atoms with Crippen LogP contribution in [0.4, 0.5) is 0 Å². The first kappa shape index (κ1) is 26.0. The number of carboxylic acid groups (broad SMARTS) is 1. The van der Waals surface area contributed by atoms with Crippen LogP contribution < -0.4 is 0 Å². The number of aliphatic hydroxyl groups is 1. The van der Waals surface area contributed by atoms with Crippen molar-refractivity contribution in [1.29, 1.82) is 0 Å². The van der Waals surface area contributed by atoms with Gasteiger partial charge in [-0.1, -0.05) is 61.5 Å². The van der Waals surface area contributed by atoms with E-state index in [1.54, 1.807) is 11.0 Å². The first-order valence-corrected chi connectivity index (χ1v) is 14.4. The number of halogens is 1. The third-order valence-electron chi connectivity index (χ3n) is 8.72. The summed E-state index contributed by atoms with van der Waals surface area (Å²) in [5.74, 6) is -2.97. The molecular formula is C25H37BrN2O5S. The molecule has 0 aromatic heterocycles. The highest BCUT2D eigenvalue weighted by atomic mass is 79.9. The van der Waals surface area contributed by atoms with E-state index in [4.69, 9.17) is 0 Å². The smallest absolute Gasteiger partial charge is 0.308 e. The molecule has 7 nitrogen and oxygen atoms in total. The number of rotatable bonds is 9. The van der Waals surface area contributed by atoms with Crippen LogP contribution in [0.1, 0.15) is 58.8 Å². The number of carboxylic acids is 1. The van der Waals surface area contributed by atoms with E-state index in [1.807, 2.05) is 18.7 Å². The van der Waals surface area contributed by atoms with Gasteiger partial charge in [0, 0.05) is 22.7 Å². The Hall–Kier alpha value is -1.06. The summed E-state index contributed by atoms with van der Waals surface area (Å²) in [5, 5.41) is 20.2. The van der Waals surface area contributed by atoms with E-state index >= 15 is 0 Å². The summed E-state index contributed by atoms with van der Waals surface area (Å²) in [4.78, 5) is 44.3. The number of carbonyl (C=O) groups excluding carboxylic acids is 2. The van der Waals surface area contributed by atoms with Crippen LogP contribution in [0.2, 0.25) is 0 Å². The maximum atomic E-state index is 14.5. The number of hydrogen-bond donors (Lipinski definition) is 2. The van der Waals surface area contributed by atoms with Crippen molar-refractivity contribution in [3.05, 3.63) is 12.7 Å². The molecule has 34 heavy (non-hydrogen) atoms. The summed E-state index contributed by atoms with van der Waals surface area (Å²) < 4.78 is -0.801. The van der Waals surface area contributed by atoms with Gasteiger partial charge in [0.2, 0.25) is 11.8 Å². The maximum absolute atomic E-state index is 14.5. The van der Waals surface area contributed by atoms with Crippen LogP contribution in [-0.2, 0) is 14.4 Å². The number of amides is 2. The monoisotopic (exact) mass is 556 g/mol. The highest BCUT2D eigenvalue weighted by Gasteiger charge is 2.76. The second-order valence-corrected chi connectivity index (χ2v) is 13.2. The number of aliphatic carboxylic acids is 1. The molecule has 0 aromatic carbocycles. The maximum Gasteiger partial charge on any atom is 0.308 e. The van der Waals surface area contributed by atoms with E-state index in [1.165, 1.54) is 11.8 Å². The fourth-order valence-electron chi connectivity index (χ4n) is 6.91. The molecule has 1 aliphatic carbocycles. The van der Waals surface area contributed by atoms with Gasteiger partial charge in [-0.05, 0) is 25.2 Å². The number of aliphatic hydroxyl groups excluding tert-OH is 1. The minimum atomic E-state index is -0.978. The Labute approximate surface area is 214 Å². The van der Waals surface area contributed by atoms with Crippen LogP contribution in [0.25, 0.3) is 0 Å². The third-order valence-corrected chi connectivity index (χ3v) is 11.9. The van der Waals surface area contributed by atoms with Gasteiger partial charge in [-0.3, -0.25) is 14.4 Å². The largest absolute Gasteiger partial charge is 0.481 e. The number of likely N-dealkylation sites (tertiary alicyclic amines) is 1. The Morgan fingerprint density at radius 3 is 2.59 bits per heavy atom. The summed E-state index contributed by atoms with van der Waals surface area (Å²) in [6, 6.07) is -1.20. The van der Waals surface area contributed by atoms with Gasteiger partial charge in [-0.2, -0.15) is 0 Å². The average Bonchev–Trinajstić information content (AvgIpc) is 3.42. The molecule has 1 saturated carbocycles. The summed E-state index contributed by atoms with van der Waals surface area (Å²) in [7, 11) is 0. The van der Waals surface area contributed by atoms with Gasteiger partial charge < -0.3 is 20.0 Å². The lowest BCUT2D eigenvalue weighted by Crippen LogP contribution is -2.60. The van der Waals surface area contributed by atoms with E-state index in [0.29, 0.717) is 13.0 Å². The van der Waals surface area contributed by atoms with Gasteiger partial charge in [0.15, 0.2) is 0 Å². The average molecular weight is 558 g/mol. The summed E-state index contributed by atoms with van der Waals surface area (Å²) in [5.41, 5.74) is 0. The SMILES string of the molecule is C=CCN(C(=O)C1N([C@@H](CO)[C@@H](C)CC)C(=O)[C@@H]2[C@H](C(=O)O)[C@H]3SC12CC3Br)C1CCCCC1. The number of nitrogens with zero attached hydrogens (tertiary/aromatic N) is 2. The number of alkyl halides is 1. The summed E-state index contributed by atoms with van der Waals surface area (Å²) in [6.45, 7) is 8.03. The molecule has 0 radical (unpaired) electrons. The lowest BCUT2D eigenvalue weighted by Gasteiger charge is -2.43. The van der Waals surface area contributed by atoms with Crippen molar-refractivity contribution in [2.75, 3.05) is 13.2 Å². The van der Waals surface area contributed by atoms with Gasteiger partial charge in [0.1, 0.15) is 6.04 Å². The van der Waals surface area contributed by atoms with E-state index < -0.39 is 34.6 Å². The highest BCUT2D eigenvalue weighted by molar-refractivity contribution is 9.09. The predicted octanol–water partition coefficient (Wildman–Crippen LogP) is 3.29. The minimum absolute atomic E-state index is 0.0211. The van der Waals surface area contributed by atoms with Crippen molar-refractivity contribution in [2.45, 2.75) is 91.7 Å². The van der Waals surface area contributed by atoms with Crippen LogP contribution in [0.3, 0.4) is 0 Å². The molecule has 2 amide bonds. The molecule has 190 valence electrons. The Morgan fingerprint density at radius 1 is 1.35 bits per heavy atom. The van der Waals surface area contributed by atoms with Crippen molar-refractivity contribution >= 4 is 45.5 Å². The zero-order valence-corrected chi connectivity index (χ0v) is 22.5. The topological polar surface area (TPSA) is 98.2 Å². The second-order valence-electron chi connectivity index (χ2n) is 10.5. The first-order chi connectivity index (χ1) is 16.2. The first-order valence-electron chi connectivity index (χ1n) is 12.6. The standard InChI is InChI=1S/C25H37BrN2O5S/c1-4-11-27(15-9-7-6-8-10-15)23(31)21-25-12-16(26)20(34-25)18(24(32)33)19(25)22(30)28(21)17(13-29)14(3)5-2/h4,14-21,29H,1,5-13H2,2-3H3,(H,32,33)/t14-,16?,17-,18-,19-,20-,21?,25?/m0/s1. The van der Waals surface area contributed by atoms with Crippen LogP contribution in [0.15, 0.2) is 12.7 Å². The molecule has 8 atom stereocenters. The molecule has 2 N–H and O–H groups in total. The fourth-order valence-corrected chi connectivity index (χ4v) is 10.5. The summed E-state index contributed by atoms with van der Waals surface area (Å²) >= 11 is 5.21. The van der Waals surface area contributed by atoms with Crippen molar-refractivity contribution < 1.29 is 24.6 Å². The van der Waals surface area contributed by atoms with Gasteiger partial charge in [0.05, 0.1) is 29.2 Å². The molecule has 3 saturated heterocycles. The van der Waals surface area contributed by atoms with Gasteiger partial charge in [-0.15, -0.1) is 18.3 Å². The number of hydrogen-bond acceptors (Lipinski definition) is 5. The second kappa shape index (κ2) is 10.1. The molecule has 9 heteroatoms. The van der Waals surface area contributed by atoms with Crippen molar-refractivity contribution in [1.82, 2.24) is 9.80 Å². The molecule has 3 aliphatic heterocycles. The van der Waals surface area contributed by atoms with Gasteiger partial charge in [-0.25, -0.2) is 0 Å². The van der Waals surface area contributed by atoms with Crippen molar-refractivity contribution in [3.8, 4) is 0 Å². The van der Waals surface area contributed by atoms with Gasteiger partial charge in [0.25, 0.3) is 0 Å². The van der Waals surface area contributed by atoms with Crippen LogP contribution in [0, 0.1) is 17.8 Å². The molecule has 4 rings (SSSR count). The lowest BCUT2D eigenvalue weighted by atomic mass is 9.71. The highest BCUT2D eigenvalue weighted by Crippen LogP contribution is 2.68. The number of fused-ring (bicyclic) bond motifs is 1. The Morgan fingerprint density at radius 2 is 2.03 bits per heavy atom. The number of thioether (sulfide) groups is 1. The van der Waals surface area contributed by atoms with E-state index in [0.717, 1.165) is 38.5 Å². The molecule has 3 unspecified atom stereocenters. The van der Waals surface area contributed by atoms with Crippen LogP contribution >= 0.6 is 27.7 Å². The predicted molar refractivity (Wildman–Crippen MR) is 136 cm³/mol. The minimum Gasteiger partial charge on any atom is -0.481 e. The fraction of sp³-hybridized carbons (Fsp3) is 0.800. The molecule has 4 aliphatic rings. The molecule has 4 fully saturated rings. The Balaban J connectivity index is 1.81.